The first-order chi connectivity index (χ1) is 13.7. The van der Waals surface area contributed by atoms with Crippen molar-refractivity contribution in [1.82, 2.24) is 4.90 Å². The monoisotopic (exact) mass is 441 g/mol. The molecule has 0 saturated carbocycles. The first-order valence-corrected chi connectivity index (χ1v) is 10.3. The summed E-state index contributed by atoms with van der Waals surface area (Å²) >= 11 is 3.52. The Morgan fingerprint density at radius 3 is 2.93 bits per heavy atom. The van der Waals surface area contributed by atoms with Crippen LogP contribution in [0.3, 0.4) is 0 Å². The highest BCUT2D eigenvalue weighted by Gasteiger charge is 2.34. The van der Waals surface area contributed by atoms with Crippen LogP contribution < -0.4 is 9.47 Å². The fourth-order valence-electron chi connectivity index (χ4n) is 3.93. The standard InChI is InChI=1S/C22H20BrNO4/c23-18-6-2-1-4-14(18)10-20-21(25)16-7-8-19-17(22(16)28-20)12-24(13-27-19)11-15-5-3-9-26-15/h1-2,4,6-8,10,15H,3,5,9,11-13H2/b20-10-. The molecule has 1 atom stereocenters. The van der Waals surface area contributed by atoms with Crippen LogP contribution in [0.15, 0.2) is 46.6 Å². The smallest absolute Gasteiger partial charge is 0.231 e. The van der Waals surface area contributed by atoms with Crippen LogP contribution in [0, 0.1) is 0 Å². The molecule has 6 heteroatoms. The Hall–Kier alpha value is -2.15. The minimum atomic E-state index is -0.0928. The fraction of sp³-hybridized carbons (Fsp3) is 0.318. The van der Waals surface area contributed by atoms with E-state index in [4.69, 9.17) is 14.2 Å². The van der Waals surface area contributed by atoms with Gasteiger partial charge in [-0.25, -0.2) is 0 Å². The molecule has 0 amide bonds. The van der Waals surface area contributed by atoms with Crippen LogP contribution in [-0.2, 0) is 11.3 Å². The van der Waals surface area contributed by atoms with Crippen LogP contribution in [0.1, 0.15) is 34.3 Å². The molecule has 28 heavy (non-hydrogen) atoms. The lowest BCUT2D eigenvalue weighted by atomic mass is 10.0. The highest BCUT2D eigenvalue weighted by Crippen LogP contribution is 2.42. The molecule has 0 aliphatic carbocycles. The van der Waals surface area contributed by atoms with Crippen molar-refractivity contribution in [2.75, 3.05) is 19.9 Å². The third kappa shape index (κ3) is 3.26. The van der Waals surface area contributed by atoms with Gasteiger partial charge in [0.15, 0.2) is 5.76 Å². The third-order valence-electron chi connectivity index (χ3n) is 5.36. The molecule has 0 radical (unpaired) electrons. The maximum atomic E-state index is 12.9. The van der Waals surface area contributed by atoms with Crippen LogP contribution in [0.2, 0.25) is 0 Å². The van der Waals surface area contributed by atoms with E-state index < -0.39 is 0 Å². The topological polar surface area (TPSA) is 48.0 Å². The molecule has 0 bridgehead atoms. The molecule has 0 N–H and O–H groups in total. The number of rotatable bonds is 3. The Labute approximate surface area is 172 Å². The van der Waals surface area contributed by atoms with Gasteiger partial charge in [-0.05, 0) is 42.7 Å². The first kappa shape index (κ1) is 17.9. The molecule has 3 heterocycles. The van der Waals surface area contributed by atoms with E-state index in [0.717, 1.165) is 47.3 Å². The minimum Gasteiger partial charge on any atom is -0.478 e. The molecular formula is C22H20BrNO4. The highest BCUT2D eigenvalue weighted by molar-refractivity contribution is 9.10. The molecule has 3 aliphatic rings. The Bertz CT molecular complexity index is 965. The normalized spacial score (nSPS) is 22.7. The summed E-state index contributed by atoms with van der Waals surface area (Å²) in [5.41, 5.74) is 2.44. The Morgan fingerprint density at radius 1 is 1.21 bits per heavy atom. The van der Waals surface area contributed by atoms with Gasteiger partial charge in [0, 0.05) is 24.2 Å². The summed E-state index contributed by atoms with van der Waals surface area (Å²) in [7, 11) is 0. The predicted molar refractivity (Wildman–Crippen MR) is 108 cm³/mol. The number of ketones is 1. The van der Waals surface area contributed by atoms with Crippen molar-refractivity contribution in [2.24, 2.45) is 0 Å². The molecule has 5 rings (SSSR count). The van der Waals surface area contributed by atoms with Crippen molar-refractivity contribution >= 4 is 27.8 Å². The number of carbonyl (C=O) groups excluding carboxylic acids is 1. The van der Waals surface area contributed by atoms with Crippen LogP contribution in [0.25, 0.3) is 6.08 Å². The van der Waals surface area contributed by atoms with Gasteiger partial charge in [0.2, 0.25) is 5.78 Å². The van der Waals surface area contributed by atoms with Gasteiger partial charge in [0.05, 0.1) is 17.2 Å². The van der Waals surface area contributed by atoms with Crippen LogP contribution in [-0.4, -0.2) is 36.7 Å². The number of fused-ring (bicyclic) bond motifs is 3. The summed E-state index contributed by atoms with van der Waals surface area (Å²) in [5, 5.41) is 0. The zero-order valence-electron chi connectivity index (χ0n) is 15.3. The average molecular weight is 442 g/mol. The summed E-state index contributed by atoms with van der Waals surface area (Å²) < 4.78 is 18.7. The molecule has 2 aromatic carbocycles. The van der Waals surface area contributed by atoms with Crippen molar-refractivity contribution < 1.29 is 19.0 Å². The fourth-order valence-corrected chi connectivity index (χ4v) is 4.33. The molecule has 1 saturated heterocycles. The second-order valence-corrected chi connectivity index (χ2v) is 8.15. The summed E-state index contributed by atoms with van der Waals surface area (Å²) in [5.74, 6) is 1.66. The van der Waals surface area contributed by atoms with Crippen molar-refractivity contribution in [3.8, 4) is 11.5 Å². The van der Waals surface area contributed by atoms with Crippen LogP contribution >= 0.6 is 15.9 Å². The number of carbonyl (C=O) groups is 1. The predicted octanol–water partition coefficient (Wildman–Crippen LogP) is 4.40. The van der Waals surface area contributed by atoms with Gasteiger partial charge >= 0.3 is 0 Å². The molecule has 144 valence electrons. The summed E-state index contributed by atoms with van der Waals surface area (Å²) in [4.78, 5) is 15.1. The molecule has 1 unspecified atom stereocenters. The number of allylic oxidation sites excluding steroid dienone is 1. The van der Waals surface area contributed by atoms with Gasteiger partial charge in [0.25, 0.3) is 0 Å². The Kier molecular flexibility index (Phi) is 4.70. The van der Waals surface area contributed by atoms with Gasteiger partial charge in [0.1, 0.15) is 18.2 Å². The number of hydrogen-bond acceptors (Lipinski definition) is 5. The lowest BCUT2D eigenvalue weighted by Gasteiger charge is -2.31. The second-order valence-electron chi connectivity index (χ2n) is 7.30. The SMILES string of the molecule is O=C1/C(=C/c2ccccc2Br)Oc2c1ccc1c2CN(CC2CCCO2)CO1. The van der Waals surface area contributed by atoms with E-state index in [2.05, 4.69) is 20.8 Å². The van der Waals surface area contributed by atoms with Gasteiger partial charge < -0.3 is 14.2 Å². The van der Waals surface area contributed by atoms with E-state index in [-0.39, 0.29) is 11.9 Å². The van der Waals surface area contributed by atoms with Gasteiger partial charge in [-0.15, -0.1) is 0 Å². The van der Waals surface area contributed by atoms with Crippen LogP contribution in [0.5, 0.6) is 11.5 Å². The zero-order valence-corrected chi connectivity index (χ0v) is 16.9. The quantitative estimate of drug-likeness (QED) is 0.660. The number of halogens is 1. The van der Waals surface area contributed by atoms with Crippen molar-refractivity contribution in [1.29, 1.82) is 0 Å². The van der Waals surface area contributed by atoms with Gasteiger partial charge in [-0.1, -0.05) is 34.1 Å². The highest BCUT2D eigenvalue weighted by atomic mass is 79.9. The van der Waals surface area contributed by atoms with Gasteiger partial charge in [-0.3, -0.25) is 9.69 Å². The maximum absolute atomic E-state index is 12.9. The van der Waals surface area contributed by atoms with Crippen LogP contribution in [0.4, 0.5) is 0 Å². The molecule has 5 nitrogen and oxygen atoms in total. The minimum absolute atomic E-state index is 0.0928. The van der Waals surface area contributed by atoms with E-state index in [1.165, 1.54) is 0 Å². The van der Waals surface area contributed by atoms with E-state index in [1.807, 2.05) is 30.3 Å². The molecule has 3 aliphatic heterocycles. The number of hydrogen-bond donors (Lipinski definition) is 0. The van der Waals surface area contributed by atoms with E-state index >= 15 is 0 Å². The lowest BCUT2D eigenvalue weighted by Crippen LogP contribution is -2.37. The molecule has 2 aromatic rings. The number of nitrogens with zero attached hydrogens (tertiary/aromatic N) is 1. The van der Waals surface area contributed by atoms with Crippen molar-refractivity contribution in [3.05, 3.63) is 63.3 Å². The zero-order chi connectivity index (χ0) is 19.1. The Balaban J connectivity index is 1.43. The third-order valence-corrected chi connectivity index (χ3v) is 6.08. The maximum Gasteiger partial charge on any atom is 0.231 e. The Morgan fingerprint density at radius 2 is 2.11 bits per heavy atom. The average Bonchev–Trinajstić information content (AvgIpc) is 3.32. The summed E-state index contributed by atoms with van der Waals surface area (Å²) in [6.45, 7) is 2.89. The number of ether oxygens (including phenoxy) is 3. The number of Topliss-reactive ketones (excluding diaryl/α,β-unsaturated/α-hetero) is 1. The molecular weight excluding hydrogens is 422 g/mol. The largest absolute Gasteiger partial charge is 0.478 e. The molecule has 0 aromatic heterocycles. The van der Waals surface area contributed by atoms with E-state index in [0.29, 0.717) is 30.3 Å². The second kappa shape index (κ2) is 7.35. The van der Waals surface area contributed by atoms with Gasteiger partial charge in [-0.2, -0.15) is 0 Å². The molecule has 1 fully saturated rings. The number of benzene rings is 2. The first-order valence-electron chi connectivity index (χ1n) is 9.50. The van der Waals surface area contributed by atoms with E-state index in [9.17, 15) is 4.79 Å². The molecule has 0 spiro atoms. The lowest BCUT2D eigenvalue weighted by molar-refractivity contribution is 0.0274. The summed E-state index contributed by atoms with van der Waals surface area (Å²) in [6, 6.07) is 11.4. The van der Waals surface area contributed by atoms with E-state index in [1.54, 1.807) is 12.1 Å². The van der Waals surface area contributed by atoms with Crippen molar-refractivity contribution in [3.63, 3.8) is 0 Å². The summed E-state index contributed by atoms with van der Waals surface area (Å²) in [6.07, 6.45) is 4.25. The van der Waals surface area contributed by atoms with Crippen molar-refractivity contribution in [2.45, 2.75) is 25.5 Å².